The summed E-state index contributed by atoms with van der Waals surface area (Å²) < 4.78 is 33.0. The van der Waals surface area contributed by atoms with Crippen LogP contribution in [0, 0.1) is 0 Å². The molecule has 230 valence electrons. The van der Waals surface area contributed by atoms with E-state index in [1.807, 2.05) is 74.5 Å². The highest BCUT2D eigenvalue weighted by atomic mass is 32.2. The molecule has 0 aliphatic carbocycles. The van der Waals surface area contributed by atoms with Gasteiger partial charge in [0.05, 0.1) is 11.0 Å². The topological polar surface area (TPSA) is 96.0 Å². The summed E-state index contributed by atoms with van der Waals surface area (Å²) in [5.41, 5.74) is 2.52. The summed E-state index contributed by atoms with van der Waals surface area (Å²) in [7, 11) is -3.50. The lowest BCUT2D eigenvalue weighted by Gasteiger charge is -2.32. The molecule has 1 saturated heterocycles. The monoisotopic (exact) mass is 605 g/mol. The number of aryl methyl sites for hydroxylation is 1. The zero-order valence-electron chi connectivity index (χ0n) is 25.2. The molecule has 43 heavy (non-hydrogen) atoms. The number of nitrogens with zero attached hydrogens (tertiary/aromatic N) is 2. The molecular weight excluding hydrogens is 562 g/mol. The van der Waals surface area contributed by atoms with E-state index in [9.17, 15) is 18.0 Å². The quantitative estimate of drug-likeness (QED) is 0.243. The van der Waals surface area contributed by atoms with Crippen molar-refractivity contribution in [2.75, 3.05) is 26.2 Å². The van der Waals surface area contributed by atoms with Crippen LogP contribution in [0.1, 0.15) is 62.3 Å². The lowest BCUT2D eigenvalue weighted by Crippen LogP contribution is -2.44. The van der Waals surface area contributed by atoms with Crippen LogP contribution < -0.4 is 5.32 Å². The highest BCUT2D eigenvalue weighted by Gasteiger charge is 2.31. The number of hydrogen-bond donors (Lipinski definition) is 1. The van der Waals surface area contributed by atoms with Gasteiger partial charge in [0.2, 0.25) is 21.8 Å². The molecule has 1 N–H and O–H groups in total. The van der Waals surface area contributed by atoms with Crippen molar-refractivity contribution in [2.24, 2.45) is 0 Å². The van der Waals surface area contributed by atoms with Crippen LogP contribution in [0.3, 0.4) is 0 Å². The fourth-order valence-corrected chi connectivity index (χ4v) is 6.73. The first kappa shape index (κ1) is 32.4. The summed E-state index contributed by atoms with van der Waals surface area (Å²) in [6.45, 7) is 6.31. The van der Waals surface area contributed by atoms with Gasteiger partial charge in [-0.15, -0.1) is 0 Å². The summed E-state index contributed by atoms with van der Waals surface area (Å²) in [6, 6.07) is 25.0. The van der Waals surface area contributed by atoms with E-state index in [2.05, 4.69) is 5.32 Å². The maximum atomic E-state index is 13.9. The van der Waals surface area contributed by atoms with E-state index in [4.69, 9.17) is 4.74 Å². The SMILES string of the molecule is CC(C)OCCCNC(=O)[C@@H](c1ccccc1)N(Cc1ccccc1)C(=O)CCc1ccc(S(=O)(=O)N2CCCC2)cc1. The first-order valence-electron chi connectivity index (χ1n) is 15.1. The van der Waals surface area contributed by atoms with Crippen molar-refractivity contribution in [3.8, 4) is 0 Å². The number of hydrogen-bond acceptors (Lipinski definition) is 5. The van der Waals surface area contributed by atoms with Crippen LogP contribution in [0.2, 0.25) is 0 Å². The van der Waals surface area contributed by atoms with E-state index in [1.165, 1.54) is 4.31 Å². The Morgan fingerprint density at radius 1 is 0.884 bits per heavy atom. The number of carbonyl (C=O) groups is 2. The minimum atomic E-state index is -3.50. The van der Waals surface area contributed by atoms with Gasteiger partial charge in [-0.25, -0.2) is 8.42 Å². The van der Waals surface area contributed by atoms with E-state index in [1.54, 1.807) is 29.2 Å². The fraction of sp³-hybridized carbons (Fsp3) is 0.412. The average Bonchev–Trinajstić information content (AvgIpc) is 3.57. The normalized spacial score (nSPS) is 14.5. The van der Waals surface area contributed by atoms with E-state index in [-0.39, 0.29) is 35.8 Å². The van der Waals surface area contributed by atoms with Crippen molar-refractivity contribution in [1.82, 2.24) is 14.5 Å². The second-order valence-electron chi connectivity index (χ2n) is 11.1. The first-order chi connectivity index (χ1) is 20.8. The van der Waals surface area contributed by atoms with Gasteiger partial charge in [0.25, 0.3) is 0 Å². The Labute approximate surface area is 256 Å². The maximum Gasteiger partial charge on any atom is 0.247 e. The Morgan fingerprint density at radius 3 is 2.14 bits per heavy atom. The van der Waals surface area contributed by atoms with Crippen molar-refractivity contribution in [1.29, 1.82) is 0 Å². The number of nitrogens with one attached hydrogen (secondary N) is 1. The number of carbonyl (C=O) groups excluding carboxylic acids is 2. The van der Waals surface area contributed by atoms with Crippen LogP contribution in [0.5, 0.6) is 0 Å². The smallest absolute Gasteiger partial charge is 0.247 e. The summed E-state index contributed by atoms with van der Waals surface area (Å²) in [4.78, 5) is 29.5. The van der Waals surface area contributed by atoms with Crippen LogP contribution in [-0.2, 0) is 37.3 Å². The van der Waals surface area contributed by atoms with Crippen molar-refractivity contribution < 1.29 is 22.7 Å². The van der Waals surface area contributed by atoms with Crippen molar-refractivity contribution in [3.63, 3.8) is 0 Å². The van der Waals surface area contributed by atoms with Gasteiger partial charge in [0.1, 0.15) is 6.04 Å². The molecular formula is C34H43N3O5S. The summed E-state index contributed by atoms with van der Waals surface area (Å²) in [6.07, 6.45) is 3.15. The molecule has 1 aliphatic heterocycles. The minimum Gasteiger partial charge on any atom is -0.379 e. The van der Waals surface area contributed by atoms with E-state index in [0.29, 0.717) is 39.1 Å². The molecule has 0 unspecified atom stereocenters. The highest BCUT2D eigenvalue weighted by Crippen LogP contribution is 2.26. The van der Waals surface area contributed by atoms with Crippen molar-refractivity contribution in [2.45, 2.75) is 69.5 Å². The fourth-order valence-electron chi connectivity index (χ4n) is 5.21. The Morgan fingerprint density at radius 2 is 1.51 bits per heavy atom. The molecule has 1 fully saturated rings. The maximum absolute atomic E-state index is 13.9. The number of rotatable bonds is 15. The minimum absolute atomic E-state index is 0.123. The molecule has 2 amide bonds. The average molecular weight is 606 g/mol. The molecule has 1 aliphatic rings. The van der Waals surface area contributed by atoms with Crippen LogP contribution in [-0.4, -0.2) is 61.8 Å². The lowest BCUT2D eigenvalue weighted by atomic mass is 10.0. The van der Waals surface area contributed by atoms with E-state index in [0.717, 1.165) is 29.5 Å². The third-order valence-corrected chi connectivity index (χ3v) is 9.43. The Hall–Kier alpha value is -3.53. The first-order valence-corrected chi connectivity index (χ1v) is 16.6. The molecule has 3 aromatic rings. The standard InChI is InChI=1S/C34H43N3O5S/c1-27(2)42-25-11-22-35-34(39)33(30-14-7-4-8-15-30)37(26-29-12-5-3-6-13-29)32(38)21-18-28-16-19-31(20-17-28)43(40,41)36-23-9-10-24-36/h3-8,12-17,19-20,27,33H,9-11,18,21-26H2,1-2H3,(H,35,39)/t33-/m1/s1. The summed E-state index contributed by atoms with van der Waals surface area (Å²) >= 11 is 0. The number of sulfonamides is 1. The van der Waals surface area contributed by atoms with Gasteiger partial charge in [-0.3, -0.25) is 9.59 Å². The molecule has 0 aromatic heterocycles. The van der Waals surface area contributed by atoms with Gasteiger partial charge in [0, 0.05) is 39.2 Å². The lowest BCUT2D eigenvalue weighted by molar-refractivity contribution is -0.141. The van der Waals surface area contributed by atoms with Gasteiger partial charge in [-0.1, -0.05) is 72.8 Å². The van der Waals surface area contributed by atoms with Gasteiger partial charge in [0.15, 0.2) is 0 Å². The summed E-state index contributed by atoms with van der Waals surface area (Å²) in [5.74, 6) is -0.402. The zero-order valence-corrected chi connectivity index (χ0v) is 26.0. The van der Waals surface area contributed by atoms with Gasteiger partial charge >= 0.3 is 0 Å². The van der Waals surface area contributed by atoms with Crippen LogP contribution >= 0.6 is 0 Å². The number of benzene rings is 3. The Balaban J connectivity index is 1.51. The second kappa shape index (κ2) is 15.8. The highest BCUT2D eigenvalue weighted by molar-refractivity contribution is 7.89. The number of amides is 2. The third kappa shape index (κ3) is 9.23. The summed E-state index contributed by atoms with van der Waals surface area (Å²) in [5, 5.41) is 3.02. The molecule has 0 radical (unpaired) electrons. The molecule has 1 atom stereocenters. The number of ether oxygens (including phenoxy) is 1. The van der Waals surface area contributed by atoms with E-state index >= 15 is 0 Å². The Kier molecular flexibility index (Phi) is 11.9. The van der Waals surface area contributed by atoms with Crippen LogP contribution in [0.25, 0.3) is 0 Å². The molecule has 0 spiro atoms. The molecule has 1 heterocycles. The second-order valence-corrected chi connectivity index (χ2v) is 13.1. The largest absolute Gasteiger partial charge is 0.379 e. The molecule has 3 aromatic carbocycles. The molecule has 4 rings (SSSR count). The predicted octanol–water partition coefficient (Wildman–Crippen LogP) is 5.11. The van der Waals surface area contributed by atoms with Crippen molar-refractivity contribution in [3.05, 3.63) is 102 Å². The Bertz CT molecular complexity index is 1410. The molecule has 9 heteroatoms. The van der Waals surface area contributed by atoms with Crippen molar-refractivity contribution >= 4 is 21.8 Å². The molecule has 0 bridgehead atoms. The predicted molar refractivity (Wildman–Crippen MR) is 168 cm³/mol. The third-order valence-electron chi connectivity index (χ3n) is 7.52. The van der Waals surface area contributed by atoms with Gasteiger partial charge < -0.3 is 15.0 Å². The van der Waals surface area contributed by atoms with Crippen LogP contribution in [0.15, 0.2) is 89.8 Å². The van der Waals surface area contributed by atoms with Gasteiger partial charge in [-0.05, 0) is 68.4 Å². The van der Waals surface area contributed by atoms with Gasteiger partial charge in [-0.2, -0.15) is 4.31 Å². The van der Waals surface area contributed by atoms with Crippen LogP contribution in [0.4, 0.5) is 0 Å². The molecule has 8 nitrogen and oxygen atoms in total. The van der Waals surface area contributed by atoms with E-state index < -0.39 is 16.1 Å². The zero-order chi connectivity index (χ0) is 30.7. The molecule has 0 saturated carbocycles.